The number of nitrogens with two attached hydrogens (primary N) is 1. The van der Waals surface area contributed by atoms with Gasteiger partial charge in [0, 0.05) is 6.07 Å². The van der Waals surface area contributed by atoms with E-state index in [2.05, 4.69) is 0 Å². The molecular formula is C10H10F2N2O. The quantitative estimate of drug-likeness (QED) is 0.827. The maximum Gasteiger partial charge on any atom is 0.165 e. The molecule has 0 radical (unpaired) electrons. The van der Waals surface area contributed by atoms with Gasteiger partial charge in [-0.3, -0.25) is 0 Å². The third kappa shape index (κ3) is 3.18. The van der Waals surface area contributed by atoms with Gasteiger partial charge in [0.25, 0.3) is 0 Å². The standard InChI is InChI=1S/C10H10F2N2O/c1-10(14,5-13)6-15-9-4-7(11)2-3-8(9)12/h2-4H,6,14H2,1H3. The first-order valence-corrected chi connectivity index (χ1v) is 4.22. The van der Waals surface area contributed by atoms with Gasteiger partial charge < -0.3 is 10.5 Å². The minimum absolute atomic E-state index is 0.204. The molecule has 0 aliphatic heterocycles. The van der Waals surface area contributed by atoms with E-state index >= 15 is 0 Å². The van der Waals surface area contributed by atoms with Crippen molar-refractivity contribution in [3.63, 3.8) is 0 Å². The molecule has 80 valence electrons. The van der Waals surface area contributed by atoms with Crippen LogP contribution in [0.25, 0.3) is 0 Å². The molecule has 0 bridgehead atoms. The van der Waals surface area contributed by atoms with E-state index in [-0.39, 0.29) is 12.4 Å². The van der Waals surface area contributed by atoms with Crippen LogP contribution in [-0.2, 0) is 0 Å². The average molecular weight is 212 g/mol. The summed E-state index contributed by atoms with van der Waals surface area (Å²) in [6.45, 7) is 1.23. The van der Waals surface area contributed by atoms with E-state index in [1.807, 2.05) is 0 Å². The Morgan fingerprint density at radius 2 is 2.20 bits per heavy atom. The van der Waals surface area contributed by atoms with E-state index < -0.39 is 17.2 Å². The van der Waals surface area contributed by atoms with Crippen LogP contribution >= 0.6 is 0 Å². The zero-order valence-corrected chi connectivity index (χ0v) is 8.13. The van der Waals surface area contributed by atoms with Gasteiger partial charge in [-0.15, -0.1) is 0 Å². The fraction of sp³-hybridized carbons (Fsp3) is 0.300. The second kappa shape index (κ2) is 4.24. The normalized spacial score (nSPS) is 14.1. The summed E-state index contributed by atoms with van der Waals surface area (Å²) in [4.78, 5) is 0. The third-order valence-electron chi connectivity index (χ3n) is 1.68. The van der Waals surface area contributed by atoms with E-state index in [9.17, 15) is 8.78 Å². The number of hydrogen-bond donors (Lipinski definition) is 1. The highest BCUT2D eigenvalue weighted by atomic mass is 19.1. The van der Waals surface area contributed by atoms with E-state index in [1.165, 1.54) is 6.92 Å². The Morgan fingerprint density at radius 1 is 1.53 bits per heavy atom. The van der Waals surface area contributed by atoms with Crippen molar-refractivity contribution in [2.24, 2.45) is 5.73 Å². The summed E-state index contributed by atoms with van der Waals surface area (Å²) in [5.41, 5.74) is 4.23. The number of halogens is 2. The van der Waals surface area contributed by atoms with Crippen molar-refractivity contribution in [3.8, 4) is 11.8 Å². The van der Waals surface area contributed by atoms with Crippen LogP contribution in [0.1, 0.15) is 6.92 Å². The molecule has 1 aromatic carbocycles. The maximum atomic E-state index is 13.0. The summed E-state index contributed by atoms with van der Waals surface area (Å²) in [6.07, 6.45) is 0. The lowest BCUT2D eigenvalue weighted by atomic mass is 10.1. The Hall–Kier alpha value is -1.67. The van der Waals surface area contributed by atoms with Gasteiger partial charge in [-0.1, -0.05) is 0 Å². The van der Waals surface area contributed by atoms with Crippen LogP contribution in [-0.4, -0.2) is 12.1 Å². The van der Waals surface area contributed by atoms with E-state index in [0.29, 0.717) is 0 Å². The lowest BCUT2D eigenvalue weighted by Crippen LogP contribution is -2.40. The molecule has 0 heterocycles. The second-order valence-electron chi connectivity index (χ2n) is 3.39. The summed E-state index contributed by atoms with van der Waals surface area (Å²) >= 11 is 0. The summed E-state index contributed by atoms with van der Waals surface area (Å²) < 4.78 is 30.7. The van der Waals surface area contributed by atoms with Crippen LogP contribution in [0.5, 0.6) is 5.75 Å². The molecular weight excluding hydrogens is 202 g/mol. The molecule has 1 unspecified atom stereocenters. The van der Waals surface area contributed by atoms with Crippen LogP contribution in [0.4, 0.5) is 8.78 Å². The van der Waals surface area contributed by atoms with Gasteiger partial charge in [-0.05, 0) is 19.1 Å². The van der Waals surface area contributed by atoms with E-state index in [1.54, 1.807) is 6.07 Å². The van der Waals surface area contributed by atoms with Crippen molar-refractivity contribution < 1.29 is 13.5 Å². The van der Waals surface area contributed by atoms with Gasteiger partial charge in [-0.25, -0.2) is 8.78 Å². The molecule has 3 nitrogen and oxygen atoms in total. The molecule has 0 amide bonds. The van der Waals surface area contributed by atoms with Crippen molar-refractivity contribution in [1.82, 2.24) is 0 Å². The average Bonchev–Trinajstić information content (AvgIpc) is 2.20. The molecule has 2 N–H and O–H groups in total. The van der Waals surface area contributed by atoms with Crippen LogP contribution in [0.3, 0.4) is 0 Å². The molecule has 0 aromatic heterocycles. The van der Waals surface area contributed by atoms with Crippen molar-refractivity contribution >= 4 is 0 Å². The first-order valence-electron chi connectivity index (χ1n) is 4.22. The van der Waals surface area contributed by atoms with Crippen LogP contribution in [0, 0.1) is 23.0 Å². The Bertz CT molecular complexity index is 399. The van der Waals surface area contributed by atoms with Crippen molar-refractivity contribution in [2.45, 2.75) is 12.5 Å². The summed E-state index contributed by atoms with van der Waals surface area (Å²) in [5.74, 6) is -1.55. The highest BCUT2D eigenvalue weighted by Crippen LogP contribution is 2.18. The largest absolute Gasteiger partial charge is 0.487 e. The highest BCUT2D eigenvalue weighted by Gasteiger charge is 2.19. The molecule has 5 heteroatoms. The lowest BCUT2D eigenvalue weighted by Gasteiger charge is -2.16. The molecule has 0 fully saturated rings. The number of rotatable bonds is 3. The van der Waals surface area contributed by atoms with Gasteiger partial charge in [0.1, 0.15) is 18.0 Å². The molecule has 0 aliphatic carbocycles. The topological polar surface area (TPSA) is 59.0 Å². The van der Waals surface area contributed by atoms with E-state index in [0.717, 1.165) is 18.2 Å². The number of nitriles is 1. The number of benzene rings is 1. The number of hydrogen-bond acceptors (Lipinski definition) is 3. The first kappa shape index (κ1) is 11.4. The van der Waals surface area contributed by atoms with Gasteiger partial charge >= 0.3 is 0 Å². The van der Waals surface area contributed by atoms with Crippen molar-refractivity contribution in [3.05, 3.63) is 29.8 Å². The zero-order chi connectivity index (χ0) is 11.5. The minimum Gasteiger partial charge on any atom is -0.487 e. The maximum absolute atomic E-state index is 13.0. The third-order valence-corrected chi connectivity index (χ3v) is 1.68. The highest BCUT2D eigenvalue weighted by molar-refractivity contribution is 5.25. The Morgan fingerprint density at radius 3 is 2.80 bits per heavy atom. The monoisotopic (exact) mass is 212 g/mol. The fourth-order valence-corrected chi connectivity index (χ4v) is 0.848. The predicted octanol–water partition coefficient (Wildman–Crippen LogP) is 1.58. The van der Waals surface area contributed by atoms with Crippen molar-refractivity contribution in [1.29, 1.82) is 5.26 Å². The van der Waals surface area contributed by atoms with Crippen LogP contribution in [0.2, 0.25) is 0 Å². The summed E-state index contributed by atoms with van der Waals surface area (Å²) in [5, 5.41) is 8.57. The molecule has 1 aromatic rings. The second-order valence-corrected chi connectivity index (χ2v) is 3.39. The Kier molecular flexibility index (Phi) is 3.22. The van der Waals surface area contributed by atoms with Gasteiger partial charge in [0.15, 0.2) is 11.6 Å². The van der Waals surface area contributed by atoms with Gasteiger partial charge in [0.2, 0.25) is 0 Å². The fourth-order valence-electron chi connectivity index (χ4n) is 0.848. The first-order chi connectivity index (χ1) is 6.94. The van der Waals surface area contributed by atoms with E-state index in [4.69, 9.17) is 15.7 Å². The Balaban J connectivity index is 2.74. The SMILES string of the molecule is CC(N)(C#N)COc1cc(F)ccc1F. The summed E-state index contributed by atoms with van der Waals surface area (Å²) in [7, 11) is 0. The molecule has 1 atom stereocenters. The van der Waals surface area contributed by atoms with Gasteiger partial charge in [-0.2, -0.15) is 5.26 Å². The van der Waals surface area contributed by atoms with Crippen molar-refractivity contribution in [2.75, 3.05) is 6.61 Å². The molecule has 0 saturated heterocycles. The number of ether oxygens (including phenoxy) is 1. The molecule has 15 heavy (non-hydrogen) atoms. The lowest BCUT2D eigenvalue weighted by molar-refractivity contribution is 0.252. The van der Waals surface area contributed by atoms with Crippen LogP contribution in [0.15, 0.2) is 18.2 Å². The Labute approximate surface area is 86.1 Å². The summed E-state index contributed by atoms with van der Waals surface area (Å²) in [6, 6.07) is 4.62. The zero-order valence-electron chi connectivity index (χ0n) is 8.13. The molecule has 0 aliphatic rings. The predicted molar refractivity (Wildman–Crippen MR) is 50.1 cm³/mol. The smallest absolute Gasteiger partial charge is 0.165 e. The molecule has 1 rings (SSSR count). The van der Waals surface area contributed by atoms with Gasteiger partial charge in [0.05, 0.1) is 6.07 Å². The minimum atomic E-state index is -1.22. The molecule has 0 saturated carbocycles. The van der Waals surface area contributed by atoms with Crippen LogP contribution < -0.4 is 10.5 Å². The number of nitrogens with zero attached hydrogens (tertiary/aromatic N) is 1. The molecule has 0 spiro atoms.